The highest BCUT2D eigenvalue weighted by Crippen LogP contribution is 2.41. The first kappa shape index (κ1) is 21.5. The van der Waals surface area contributed by atoms with Crippen LogP contribution >= 0.6 is 0 Å². The van der Waals surface area contributed by atoms with E-state index in [0.29, 0.717) is 12.2 Å². The summed E-state index contributed by atoms with van der Waals surface area (Å²) in [5.74, 6) is 1.15. The predicted octanol–water partition coefficient (Wildman–Crippen LogP) is 7.59. The van der Waals surface area contributed by atoms with Gasteiger partial charge >= 0.3 is 0 Å². The van der Waals surface area contributed by atoms with Crippen LogP contribution in [0.3, 0.4) is 0 Å². The summed E-state index contributed by atoms with van der Waals surface area (Å²) in [5.41, 5.74) is 0.716. The number of ether oxygens (including phenoxy) is 1. The maximum atomic E-state index is 13.3. The molecule has 2 fully saturated rings. The molecule has 0 spiro atoms. The fourth-order valence-corrected chi connectivity index (χ4v) is 5.21. The fraction of sp³-hybridized carbons (Fsp3) is 0.680. The monoisotopic (exact) mass is 390 g/mol. The molecule has 0 N–H and O–H groups in total. The maximum absolute atomic E-state index is 13.3. The lowest BCUT2D eigenvalue weighted by Crippen LogP contribution is -2.28. The lowest BCUT2D eigenvalue weighted by Gasteiger charge is -2.37. The molecule has 3 rings (SSSR count). The van der Waals surface area contributed by atoms with Gasteiger partial charge in [0.15, 0.2) is 11.6 Å². The highest BCUT2D eigenvalue weighted by atomic mass is 19.2. The SMILES string of the molecule is C/C=C\CCCC1CCC(C2CCC(OCc3ccc(F)c(F)c3)CC2)CC1. The van der Waals surface area contributed by atoms with E-state index in [4.69, 9.17) is 4.74 Å². The summed E-state index contributed by atoms with van der Waals surface area (Å²) < 4.78 is 32.3. The van der Waals surface area contributed by atoms with E-state index in [-0.39, 0.29) is 6.10 Å². The molecule has 3 heteroatoms. The lowest BCUT2D eigenvalue weighted by atomic mass is 9.70. The van der Waals surface area contributed by atoms with E-state index in [1.807, 2.05) is 0 Å². The van der Waals surface area contributed by atoms with E-state index in [2.05, 4.69) is 19.1 Å². The van der Waals surface area contributed by atoms with Gasteiger partial charge in [0, 0.05) is 0 Å². The van der Waals surface area contributed by atoms with Crippen LogP contribution in [0.1, 0.15) is 83.1 Å². The molecular weight excluding hydrogens is 354 g/mol. The number of benzene rings is 1. The van der Waals surface area contributed by atoms with Gasteiger partial charge in [-0.05, 0) is 93.7 Å². The molecule has 28 heavy (non-hydrogen) atoms. The van der Waals surface area contributed by atoms with Crippen molar-refractivity contribution in [2.45, 2.75) is 90.3 Å². The molecule has 0 atom stereocenters. The molecule has 1 nitrogen and oxygen atoms in total. The van der Waals surface area contributed by atoms with Crippen LogP contribution in [0.25, 0.3) is 0 Å². The molecule has 1 aromatic carbocycles. The smallest absolute Gasteiger partial charge is 0.159 e. The summed E-state index contributed by atoms with van der Waals surface area (Å²) >= 11 is 0. The number of halogens is 2. The number of hydrogen-bond donors (Lipinski definition) is 0. The second kappa shape index (κ2) is 11.1. The van der Waals surface area contributed by atoms with Crippen molar-refractivity contribution in [1.82, 2.24) is 0 Å². The van der Waals surface area contributed by atoms with Gasteiger partial charge in [0.1, 0.15) is 0 Å². The number of rotatable bonds is 8. The van der Waals surface area contributed by atoms with Gasteiger partial charge in [0.05, 0.1) is 12.7 Å². The highest BCUT2D eigenvalue weighted by Gasteiger charge is 2.31. The number of allylic oxidation sites excluding steroid dienone is 2. The van der Waals surface area contributed by atoms with Crippen LogP contribution in [0.5, 0.6) is 0 Å². The minimum Gasteiger partial charge on any atom is -0.374 e. The molecule has 2 aliphatic carbocycles. The average Bonchev–Trinajstić information content (AvgIpc) is 2.73. The van der Waals surface area contributed by atoms with E-state index >= 15 is 0 Å². The van der Waals surface area contributed by atoms with Gasteiger partial charge in [0.2, 0.25) is 0 Å². The van der Waals surface area contributed by atoms with Crippen LogP contribution in [0.4, 0.5) is 8.78 Å². The third-order valence-corrected chi connectivity index (χ3v) is 6.97. The van der Waals surface area contributed by atoms with Crippen molar-refractivity contribution in [3.05, 3.63) is 47.5 Å². The molecule has 0 unspecified atom stereocenters. The van der Waals surface area contributed by atoms with Crippen molar-refractivity contribution < 1.29 is 13.5 Å². The topological polar surface area (TPSA) is 9.23 Å². The van der Waals surface area contributed by atoms with Gasteiger partial charge in [-0.3, -0.25) is 0 Å². The van der Waals surface area contributed by atoms with E-state index in [1.165, 1.54) is 69.9 Å². The Bertz CT molecular complexity index is 611. The summed E-state index contributed by atoms with van der Waals surface area (Å²) in [5, 5.41) is 0. The summed E-state index contributed by atoms with van der Waals surface area (Å²) in [6.07, 6.45) is 19.1. The molecule has 0 aliphatic heterocycles. The van der Waals surface area contributed by atoms with Gasteiger partial charge in [-0.1, -0.05) is 37.5 Å². The Kier molecular flexibility index (Phi) is 8.51. The maximum Gasteiger partial charge on any atom is 0.159 e. The average molecular weight is 391 g/mol. The largest absolute Gasteiger partial charge is 0.374 e. The Labute approximate surface area is 169 Å². The van der Waals surface area contributed by atoms with Crippen molar-refractivity contribution in [3.8, 4) is 0 Å². The van der Waals surface area contributed by atoms with Gasteiger partial charge in [-0.25, -0.2) is 8.78 Å². The van der Waals surface area contributed by atoms with Crippen molar-refractivity contribution >= 4 is 0 Å². The lowest BCUT2D eigenvalue weighted by molar-refractivity contribution is -0.00296. The summed E-state index contributed by atoms with van der Waals surface area (Å²) in [6, 6.07) is 4.04. The Hall–Kier alpha value is -1.22. The van der Waals surface area contributed by atoms with Crippen LogP contribution < -0.4 is 0 Å². The molecule has 0 aromatic heterocycles. The first-order valence-electron chi connectivity index (χ1n) is 11.3. The third kappa shape index (κ3) is 6.40. The summed E-state index contributed by atoms with van der Waals surface area (Å²) in [7, 11) is 0. The molecule has 0 radical (unpaired) electrons. The number of unbranched alkanes of at least 4 members (excludes halogenated alkanes) is 1. The first-order valence-corrected chi connectivity index (χ1v) is 11.3. The molecule has 2 saturated carbocycles. The van der Waals surface area contributed by atoms with E-state index in [0.717, 1.165) is 30.6 Å². The van der Waals surface area contributed by atoms with Crippen LogP contribution in [0.15, 0.2) is 30.4 Å². The van der Waals surface area contributed by atoms with Crippen molar-refractivity contribution in [2.75, 3.05) is 0 Å². The van der Waals surface area contributed by atoms with E-state index in [9.17, 15) is 8.78 Å². The molecule has 0 amide bonds. The molecule has 156 valence electrons. The Balaban J connectivity index is 1.32. The minimum absolute atomic E-state index is 0.271. The zero-order valence-electron chi connectivity index (χ0n) is 17.3. The zero-order chi connectivity index (χ0) is 19.8. The highest BCUT2D eigenvalue weighted by molar-refractivity contribution is 5.16. The van der Waals surface area contributed by atoms with Crippen molar-refractivity contribution in [3.63, 3.8) is 0 Å². The van der Waals surface area contributed by atoms with Gasteiger partial charge in [0.25, 0.3) is 0 Å². The van der Waals surface area contributed by atoms with Crippen LogP contribution in [-0.2, 0) is 11.3 Å². The van der Waals surface area contributed by atoms with Crippen molar-refractivity contribution in [2.24, 2.45) is 17.8 Å². The predicted molar refractivity (Wildman–Crippen MR) is 111 cm³/mol. The zero-order valence-corrected chi connectivity index (χ0v) is 17.3. The standard InChI is InChI=1S/C25H36F2O/c1-2-3-4-5-6-19-7-10-21(11-8-19)22-12-14-23(15-13-22)28-18-20-9-16-24(26)25(27)17-20/h2-3,9,16-17,19,21-23H,4-8,10-15,18H2,1H3/b3-2-. The van der Waals surface area contributed by atoms with Crippen LogP contribution in [0, 0.1) is 29.4 Å². The Morgan fingerprint density at radius 1 is 0.929 bits per heavy atom. The molecular formula is C25H36F2O. The normalized spacial score (nSPS) is 28.7. The first-order chi connectivity index (χ1) is 13.7. The summed E-state index contributed by atoms with van der Waals surface area (Å²) in [4.78, 5) is 0. The van der Waals surface area contributed by atoms with E-state index < -0.39 is 11.6 Å². The van der Waals surface area contributed by atoms with Gasteiger partial charge < -0.3 is 4.74 Å². The summed E-state index contributed by atoms with van der Waals surface area (Å²) in [6.45, 7) is 2.48. The quantitative estimate of drug-likeness (QED) is 0.328. The molecule has 0 saturated heterocycles. The Morgan fingerprint density at radius 3 is 2.25 bits per heavy atom. The van der Waals surface area contributed by atoms with Crippen molar-refractivity contribution in [1.29, 1.82) is 0 Å². The minimum atomic E-state index is -0.795. The molecule has 1 aromatic rings. The van der Waals surface area contributed by atoms with Crippen LogP contribution in [0.2, 0.25) is 0 Å². The molecule has 0 bridgehead atoms. The van der Waals surface area contributed by atoms with Gasteiger partial charge in [-0.2, -0.15) is 0 Å². The third-order valence-electron chi connectivity index (χ3n) is 6.97. The van der Waals surface area contributed by atoms with Crippen LogP contribution in [-0.4, -0.2) is 6.10 Å². The van der Waals surface area contributed by atoms with Gasteiger partial charge in [-0.15, -0.1) is 0 Å². The second-order valence-corrected chi connectivity index (χ2v) is 8.88. The van der Waals surface area contributed by atoms with E-state index in [1.54, 1.807) is 6.07 Å². The number of hydrogen-bond acceptors (Lipinski definition) is 1. The second-order valence-electron chi connectivity index (χ2n) is 8.88. The fourth-order valence-electron chi connectivity index (χ4n) is 5.21. The Morgan fingerprint density at radius 2 is 1.61 bits per heavy atom. The molecule has 0 heterocycles. The molecule has 2 aliphatic rings.